The van der Waals surface area contributed by atoms with Crippen LogP contribution in [-0.4, -0.2) is 56.1 Å². The Morgan fingerprint density at radius 2 is 1.92 bits per heavy atom. The van der Waals surface area contributed by atoms with E-state index < -0.39 is 36.4 Å². The van der Waals surface area contributed by atoms with Crippen LogP contribution in [-0.2, 0) is 11.3 Å². The number of hydrogen-bond acceptors (Lipinski definition) is 4. The molecule has 0 bridgehead atoms. The molecule has 26 heavy (non-hydrogen) atoms. The van der Waals surface area contributed by atoms with Crippen LogP contribution in [0.2, 0.25) is 0 Å². The Hall–Kier alpha value is -2.91. The number of rotatable bonds is 4. The van der Waals surface area contributed by atoms with Crippen LogP contribution in [0.25, 0.3) is 0 Å². The van der Waals surface area contributed by atoms with E-state index in [4.69, 9.17) is 5.11 Å². The van der Waals surface area contributed by atoms with Gasteiger partial charge in [0.05, 0.1) is 12.7 Å². The summed E-state index contributed by atoms with van der Waals surface area (Å²) in [7, 11) is 0. The summed E-state index contributed by atoms with van der Waals surface area (Å²) in [5.74, 6) is -2.75. The van der Waals surface area contributed by atoms with E-state index in [1.807, 2.05) is 30.3 Å². The maximum Gasteiger partial charge on any atom is 0.406 e. The summed E-state index contributed by atoms with van der Waals surface area (Å²) in [4.78, 5) is 24.5. The Bertz CT molecular complexity index is 822. The molecule has 1 aromatic carbocycles. The second-order valence-corrected chi connectivity index (χ2v) is 6.15. The summed E-state index contributed by atoms with van der Waals surface area (Å²) in [6.45, 7) is -0.894. The van der Waals surface area contributed by atoms with Crippen LogP contribution in [0.5, 0.6) is 0 Å². The molecule has 0 spiro atoms. The number of carboxylic acids is 1. The fourth-order valence-corrected chi connectivity index (χ4v) is 2.92. The summed E-state index contributed by atoms with van der Waals surface area (Å²) in [6, 6.07) is 9.24. The monoisotopic (exact) mass is 368 g/mol. The summed E-state index contributed by atoms with van der Waals surface area (Å²) in [5, 5.41) is 16.6. The first-order valence-corrected chi connectivity index (χ1v) is 7.76. The number of carboxylic acid groups (broad SMARTS) is 1. The highest BCUT2D eigenvalue weighted by molar-refractivity contribution is 5.93. The lowest BCUT2D eigenvalue weighted by Gasteiger charge is -2.26. The highest BCUT2D eigenvalue weighted by Crippen LogP contribution is 2.45. The van der Waals surface area contributed by atoms with Crippen molar-refractivity contribution in [2.75, 3.05) is 13.1 Å². The third-order valence-electron chi connectivity index (χ3n) is 4.45. The molecule has 0 aliphatic carbocycles. The van der Waals surface area contributed by atoms with Crippen LogP contribution in [0, 0.1) is 5.41 Å². The lowest BCUT2D eigenvalue weighted by Crippen LogP contribution is -2.47. The van der Waals surface area contributed by atoms with Gasteiger partial charge in [-0.2, -0.15) is 13.2 Å². The number of aromatic nitrogens is 3. The van der Waals surface area contributed by atoms with Crippen molar-refractivity contribution in [1.29, 1.82) is 0 Å². The van der Waals surface area contributed by atoms with Crippen molar-refractivity contribution >= 4 is 11.9 Å². The first kappa shape index (κ1) is 17.9. The standard InChI is InChI=1S/C16H15F3N4O3/c17-16(18,19)15(14(25)26)6-7-22(10-15)13(24)12-9-23(21-20-12)8-11-4-2-1-3-5-11/h1-5,9H,6-8,10H2,(H,25,26). The third-order valence-corrected chi connectivity index (χ3v) is 4.45. The molecule has 1 saturated heterocycles. The van der Waals surface area contributed by atoms with Gasteiger partial charge < -0.3 is 10.0 Å². The lowest BCUT2D eigenvalue weighted by atomic mass is 9.86. The van der Waals surface area contributed by atoms with E-state index >= 15 is 0 Å². The largest absolute Gasteiger partial charge is 0.481 e. The zero-order chi connectivity index (χ0) is 18.9. The number of carbonyl (C=O) groups is 2. The molecule has 138 valence electrons. The van der Waals surface area contributed by atoms with Gasteiger partial charge in [0.1, 0.15) is 0 Å². The summed E-state index contributed by atoms with van der Waals surface area (Å²) < 4.78 is 41.0. The molecule has 1 aromatic heterocycles. The Kier molecular flexibility index (Phi) is 4.43. The predicted molar refractivity (Wildman–Crippen MR) is 82.2 cm³/mol. The smallest absolute Gasteiger partial charge is 0.406 e. The number of aliphatic carboxylic acids is 1. The highest BCUT2D eigenvalue weighted by atomic mass is 19.4. The average Bonchev–Trinajstić information content (AvgIpc) is 3.22. The van der Waals surface area contributed by atoms with Crippen molar-refractivity contribution in [1.82, 2.24) is 19.9 Å². The van der Waals surface area contributed by atoms with Crippen molar-refractivity contribution in [2.45, 2.75) is 19.1 Å². The number of hydrogen-bond donors (Lipinski definition) is 1. The number of likely N-dealkylation sites (tertiary alicyclic amines) is 1. The molecule has 2 aromatic rings. The van der Waals surface area contributed by atoms with Gasteiger partial charge in [-0.15, -0.1) is 5.10 Å². The van der Waals surface area contributed by atoms with Crippen molar-refractivity contribution in [3.63, 3.8) is 0 Å². The van der Waals surface area contributed by atoms with Crippen LogP contribution in [0.4, 0.5) is 13.2 Å². The molecule has 1 N–H and O–H groups in total. The molecule has 0 radical (unpaired) electrons. The summed E-state index contributed by atoms with van der Waals surface area (Å²) in [6.07, 6.45) is -4.29. The van der Waals surface area contributed by atoms with Gasteiger partial charge in [0.25, 0.3) is 5.91 Å². The van der Waals surface area contributed by atoms with Crippen molar-refractivity contribution < 1.29 is 27.9 Å². The van der Waals surface area contributed by atoms with E-state index in [1.165, 1.54) is 10.9 Å². The van der Waals surface area contributed by atoms with Gasteiger partial charge >= 0.3 is 12.1 Å². The molecule has 1 atom stereocenters. The highest BCUT2D eigenvalue weighted by Gasteiger charge is 2.64. The molecule has 7 nitrogen and oxygen atoms in total. The number of carbonyl (C=O) groups excluding carboxylic acids is 1. The topological polar surface area (TPSA) is 88.3 Å². The van der Waals surface area contributed by atoms with Crippen molar-refractivity contribution in [3.05, 3.63) is 47.8 Å². The first-order valence-electron chi connectivity index (χ1n) is 7.76. The van der Waals surface area contributed by atoms with E-state index in [-0.39, 0.29) is 12.2 Å². The van der Waals surface area contributed by atoms with Crippen LogP contribution >= 0.6 is 0 Å². The molecule has 1 fully saturated rings. The van der Waals surface area contributed by atoms with Gasteiger partial charge in [0.2, 0.25) is 0 Å². The minimum atomic E-state index is -4.95. The molecule has 3 rings (SSSR count). The SMILES string of the molecule is O=C(c1cn(Cc2ccccc2)nn1)N1CCC(C(=O)O)(C(F)(F)F)C1. The molecule has 1 unspecified atom stereocenters. The zero-order valence-corrected chi connectivity index (χ0v) is 13.5. The second-order valence-electron chi connectivity index (χ2n) is 6.15. The van der Waals surface area contributed by atoms with Crippen LogP contribution in [0.1, 0.15) is 22.5 Å². The molecule has 1 amide bonds. The van der Waals surface area contributed by atoms with Gasteiger partial charge in [-0.05, 0) is 12.0 Å². The summed E-state index contributed by atoms with van der Waals surface area (Å²) >= 11 is 0. The third kappa shape index (κ3) is 3.14. The number of benzene rings is 1. The maximum absolute atomic E-state index is 13.2. The minimum absolute atomic E-state index is 0.121. The van der Waals surface area contributed by atoms with Crippen LogP contribution in [0.3, 0.4) is 0 Å². The van der Waals surface area contributed by atoms with Crippen LogP contribution in [0.15, 0.2) is 36.5 Å². The number of amides is 1. The van der Waals surface area contributed by atoms with Gasteiger partial charge in [-0.25, -0.2) is 4.68 Å². The molecule has 1 aliphatic heterocycles. The fourth-order valence-electron chi connectivity index (χ4n) is 2.92. The van der Waals surface area contributed by atoms with E-state index in [0.29, 0.717) is 6.54 Å². The van der Waals surface area contributed by atoms with Crippen molar-refractivity contribution in [3.8, 4) is 0 Å². The molecule has 1 aliphatic rings. The Morgan fingerprint density at radius 1 is 1.23 bits per heavy atom. The molecular weight excluding hydrogens is 353 g/mol. The fraction of sp³-hybridized carbons (Fsp3) is 0.375. The average molecular weight is 368 g/mol. The van der Waals surface area contributed by atoms with E-state index in [0.717, 1.165) is 10.5 Å². The normalized spacial score (nSPS) is 20.3. The van der Waals surface area contributed by atoms with E-state index in [1.54, 1.807) is 0 Å². The molecule has 10 heteroatoms. The van der Waals surface area contributed by atoms with Crippen LogP contribution < -0.4 is 0 Å². The Balaban J connectivity index is 1.74. The van der Waals surface area contributed by atoms with Crippen molar-refractivity contribution in [2.24, 2.45) is 5.41 Å². The zero-order valence-electron chi connectivity index (χ0n) is 13.5. The molecule has 2 heterocycles. The lowest BCUT2D eigenvalue weighted by molar-refractivity contribution is -0.227. The minimum Gasteiger partial charge on any atom is -0.481 e. The van der Waals surface area contributed by atoms with Gasteiger partial charge in [-0.1, -0.05) is 35.5 Å². The van der Waals surface area contributed by atoms with Gasteiger partial charge in [-0.3, -0.25) is 9.59 Å². The quantitative estimate of drug-likeness (QED) is 0.889. The number of nitrogens with zero attached hydrogens (tertiary/aromatic N) is 4. The van der Waals surface area contributed by atoms with Gasteiger partial charge in [0, 0.05) is 13.1 Å². The van der Waals surface area contributed by atoms with Gasteiger partial charge in [0.15, 0.2) is 11.1 Å². The summed E-state index contributed by atoms with van der Waals surface area (Å²) in [5.41, 5.74) is -2.15. The Morgan fingerprint density at radius 3 is 2.50 bits per heavy atom. The molecule has 0 saturated carbocycles. The Labute approximate surface area is 146 Å². The maximum atomic E-state index is 13.2. The number of halogens is 3. The first-order chi connectivity index (χ1) is 12.2. The van der Waals surface area contributed by atoms with E-state index in [2.05, 4.69) is 10.3 Å². The second kappa shape index (κ2) is 6.43. The predicted octanol–water partition coefficient (Wildman–Crippen LogP) is 1.81. The number of alkyl halides is 3. The molecular formula is C16H15F3N4O3. The van der Waals surface area contributed by atoms with E-state index in [9.17, 15) is 22.8 Å².